The smallest absolute Gasteiger partial charge is 0.236 e. The van der Waals surface area contributed by atoms with Crippen LogP contribution in [0.5, 0.6) is 0 Å². The van der Waals surface area contributed by atoms with Crippen LogP contribution in [-0.4, -0.2) is 55.0 Å². The fourth-order valence-corrected chi connectivity index (χ4v) is 2.35. The normalized spacial score (nSPS) is 22.1. The van der Waals surface area contributed by atoms with Gasteiger partial charge in [0.25, 0.3) is 0 Å². The van der Waals surface area contributed by atoms with Gasteiger partial charge in [-0.15, -0.1) is 0 Å². The minimum atomic E-state index is 0.252. The Morgan fingerprint density at radius 1 is 1.44 bits per heavy atom. The quantitative estimate of drug-likeness (QED) is 0.745. The second-order valence-electron chi connectivity index (χ2n) is 4.55. The molecule has 1 saturated heterocycles. The third-order valence-electron chi connectivity index (χ3n) is 3.41. The maximum atomic E-state index is 11.9. The minimum absolute atomic E-state index is 0.252. The zero-order chi connectivity index (χ0) is 12.0. The molecule has 4 nitrogen and oxygen atoms in total. The lowest BCUT2D eigenvalue weighted by Gasteiger charge is -2.32. The lowest BCUT2D eigenvalue weighted by Crippen LogP contribution is -2.45. The van der Waals surface area contributed by atoms with Crippen LogP contribution in [0.2, 0.25) is 0 Å². The monoisotopic (exact) mass is 227 g/mol. The number of hydrogen-bond donors (Lipinski definition) is 1. The van der Waals surface area contributed by atoms with Gasteiger partial charge in [-0.3, -0.25) is 9.69 Å². The molecule has 0 aromatic heterocycles. The molecular weight excluding hydrogens is 202 g/mol. The lowest BCUT2D eigenvalue weighted by atomic mass is 9.98. The topological polar surface area (TPSA) is 49.6 Å². The summed E-state index contributed by atoms with van der Waals surface area (Å²) in [5.41, 5.74) is 5.69. The van der Waals surface area contributed by atoms with Crippen molar-refractivity contribution in [1.82, 2.24) is 9.80 Å². The number of amides is 1. The average Bonchev–Trinajstić information content (AvgIpc) is 2.31. The highest BCUT2D eigenvalue weighted by molar-refractivity contribution is 5.78. The molecule has 1 unspecified atom stereocenters. The van der Waals surface area contributed by atoms with E-state index in [9.17, 15) is 4.79 Å². The van der Waals surface area contributed by atoms with E-state index in [2.05, 4.69) is 4.90 Å². The van der Waals surface area contributed by atoms with E-state index < -0.39 is 0 Å². The van der Waals surface area contributed by atoms with Gasteiger partial charge < -0.3 is 10.6 Å². The van der Waals surface area contributed by atoms with Gasteiger partial charge in [0.2, 0.25) is 5.91 Å². The number of nitrogens with two attached hydrogens (primary N) is 1. The van der Waals surface area contributed by atoms with Gasteiger partial charge in [-0.05, 0) is 45.7 Å². The predicted octanol–water partition coefficient (Wildman–Crippen LogP) is 0.526. The Morgan fingerprint density at radius 3 is 2.69 bits per heavy atom. The summed E-state index contributed by atoms with van der Waals surface area (Å²) in [6.45, 7) is 9.02. The van der Waals surface area contributed by atoms with E-state index in [0.717, 1.165) is 32.7 Å². The summed E-state index contributed by atoms with van der Waals surface area (Å²) >= 11 is 0. The molecule has 0 spiro atoms. The molecule has 0 radical (unpaired) electrons. The highest BCUT2D eigenvalue weighted by atomic mass is 16.2. The average molecular weight is 227 g/mol. The van der Waals surface area contributed by atoms with Crippen LogP contribution in [0, 0.1) is 5.92 Å². The summed E-state index contributed by atoms with van der Waals surface area (Å²) in [5.74, 6) is 0.834. The number of carbonyl (C=O) groups is 1. The molecule has 2 N–H and O–H groups in total. The van der Waals surface area contributed by atoms with Crippen LogP contribution in [-0.2, 0) is 4.79 Å². The maximum Gasteiger partial charge on any atom is 0.236 e. The summed E-state index contributed by atoms with van der Waals surface area (Å²) in [6, 6.07) is 0. The first-order valence-electron chi connectivity index (χ1n) is 6.41. The standard InChI is InChI=1S/C12H25N3O/c1-3-15(4-2)12(16)10-14-7-5-6-11(8-13)9-14/h11H,3-10,13H2,1-2H3. The van der Waals surface area contributed by atoms with Gasteiger partial charge in [-0.2, -0.15) is 0 Å². The second kappa shape index (κ2) is 6.86. The van der Waals surface area contributed by atoms with Crippen molar-refractivity contribution in [2.24, 2.45) is 11.7 Å². The van der Waals surface area contributed by atoms with Crippen molar-refractivity contribution in [2.75, 3.05) is 39.3 Å². The van der Waals surface area contributed by atoms with Crippen molar-refractivity contribution in [3.05, 3.63) is 0 Å². The second-order valence-corrected chi connectivity index (χ2v) is 4.55. The van der Waals surface area contributed by atoms with Crippen molar-refractivity contribution >= 4 is 5.91 Å². The van der Waals surface area contributed by atoms with Crippen molar-refractivity contribution < 1.29 is 4.79 Å². The summed E-state index contributed by atoms with van der Waals surface area (Å²) in [4.78, 5) is 16.1. The van der Waals surface area contributed by atoms with E-state index in [4.69, 9.17) is 5.73 Å². The van der Waals surface area contributed by atoms with Crippen LogP contribution in [0.25, 0.3) is 0 Å². The SMILES string of the molecule is CCN(CC)C(=O)CN1CCCC(CN)C1. The Balaban J connectivity index is 2.38. The molecule has 1 aliphatic rings. The molecule has 4 heteroatoms. The Bertz CT molecular complexity index is 216. The number of carbonyl (C=O) groups excluding carboxylic acids is 1. The zero-order valence-corrected chi connectivity index (χ0v) is 10.6. The van der Waals surface area contributed by atoms with Crippen LogP contribution in [0.3, 0.4) is 0 Å². The summed E-state index contributed by atoms with van der Waals surface area (Å²) in [7, 11) is 0. The third-order valence-corrected chi connectivity index (χ3v) is 3.41. The van der Waals surface area contributed by atoms with E-state index in [1.54, 1.807) is 0 Å². The first-order chi connectivity index (χ1) is 7.71. The molecule has 0 aliphatic carbocycles. The van der Waals surface area contributed by atoms with Crippen molar-refractivity contribution in [3.63, 3.8) is 0 Å². The molecule has 1 rings (SSSR count). The van der Waals surface area contributed by atoms with Crippen LogP contribution in [0.1, 0.15) is 26.7 Å². The molecule has 1 fully saturated rings. The predicted molar refractivity (Wildman–Crippen MR) is 66.1 cm³/mol. The minimum Gasteiger partial charge on any atom is -0.342 e. The molecule has 0 aromatic rings. The van der Waals surface area contributed by atoms with Gasteiger partial charge in [-0.25, -0.2) is 0 Å². The molecule has 1 heterocycles. The largest absolute Gasteiger partial charge is 0.342 e. The number of likely N-dealkylation sites (N-methyl/N-ethyl adjacent to an activating group) is 1. The Labute approximate surface area is 98.8 Å². The molecule has 0 bridgehead atoms. The van der Waals surface area contributed by atoms with E-state index in [0.29, 0.717) is 12.5 Å². The Hall–Kier alpha value is -0.610. The van der Waals surface area contributed by atoms with Gasteiger partial charge in [0, 0.05) is 19.6 Å². The van der Waals surface area contributed by atoms with Gasteiger partial charge in [0.05, 0.1) is 6.54 Å². The zero-order valence-electron chi connectivity index (χ0n) is 10.6. The summed E-state index contributed by atoms with van der Waals surface area (Å²) in [6.07, 6.45) is 2.39. The third kappa shape index (κ3) is 3.76. The van der Waals surface area contributed by atoms with Crippen LogP contribution >= 0.6 is 0 Å². The number of nitrogens with zero attached hydrogens (tertiary/aromatic N) is 2. The fraction of sp³-hybridized carbons (Fsp3) is 0.917. The molecule has 0 saturated carbocycles. The van der Waals surface area contributed by atoms with E-state index >= 15 is 0 Å². The molecule has 1 amide bonds. The van der Waals surface area contributed by atoms with Gasteiger partial charge in [0.15, 0.2) is 0 Å². The van der Waals surface area contributed by atoms with E-state index in [1.165, 1.54) is 12.8 Å². The molecule has 1 atom stereocenters. The van der Waals surface area contributed by atoms with Crippen molar-refractivity contribution in [3.8, 4) is 0 Å². The number of hydrogen-bond acceptors (Lipinski definition) is 3. The van der Waals surface area contributed by atoms with Crippen LogP contribution < -0.4 is 5.73 Å². The lowest BCUT2D eigenvalue weighted by molar-refractivity contribution is -0.132. The van der Waals surface area contributed by atoms with E-state index in [-0.39, 0.29) is 5.91 Å². The first-order valence-corrected chi connectivity index (χ1v) is 6.41. The first kappa shape index (κ1) is 13.5. The highest BCUT2D eigenvalue weighted by Gasteiger charge is 2.21. The van der Waals surface area contributed by atoms with Crippen LogP contribution in [0.4, 0.5) is 0 Å². The van der Waals surface area contributed by atoms with Gasteiger partial charge in [0.1, 0.15) is 0 Å². The van der Waals surface area contributed by atoms with Crippen LogP contribution in [0.15, 0.2) is 0 Å². The van der Waals surface area contributed by atoms with Gasteiger partial charge >= 0.3 is 0 Å². The highest BCUT2D eigenvalue weighted by Crippen LogP contribution is 2.14. The number of likely N-dealkylation sites (tertiary alicyclic amines) is 1. The summed E-state index contributed by atoms with van der Waals surface area (Å²) < 4.78 is 0. The van der Waals surface area contributed by atoms with Gasteiger partial charge in [-0.1, -0.05) is 0 Å². The van der Waals surface area contributed by atoms with Crippen molar-refractivity contribution in [2.45, 2.75) is 26.7 Å². The number of piperidine rings is 1. The maximum absolute atomic E-state index is 11.9. The Kier molecular flexibility index (Phi) is 5.77. The molecular formula is C12H25N3O. The van der Waals surface area contributed by atoms with Crippen molar-refractivity contribution in [1.29, 1.82) is 0 Å². The Morgan fingerprint density at radius 2 is 2.12 bits per heavy atom. The molecule has 0 aromatic carbocycles. The van der Waals surface area contributed by atoms with E-state index in [1.807, 2.05) is 18.7 Å². The summed E-state index contributed by atoms with van der Waals surface area (Å²) in [5, 5.41) is 0. The molecule has 1 aliphatic heterocycles. The fourth-order valence-electron chi connectivity index (χ4n) is 2.35. The molecule has 94 valence electrons. The molecule has 16 heavy (non-hydrogen) atoms. The number of rotatable bonds is 5.